The molecule has 5 heteroatoms. The van der Waals surface area contributed by atoms with Crippen LogP contribution in [0.2, 0.25) is 0 Å². The molecule has 1 heterocycles. The lowest BCUT2D eigenvalue weighted by Gasteiger charge is -2.45. The SMILES string of the molecule is C[C@H]1C[C@]23C[C@@]1(O)CC[C@H]2[C@@]12CC=C[C@](C)(C(=O)O1)[C@H]2[C@@H]3C(=O)O. The van der Waals surface area contributed by atoms with E-state index in [1.54, 1.807) is 0 Å². The molecular weight excluding hydrogens is 308 g/mol. The fourth-order valence-corrected chi connectivity index (χ4v) is 7.63. The number of carbonyl (C=O) groups is 2. The molecule has 5 nitrogen and oxygen atoms in total. The van der Waals surface area contributed by atoms with E-state index >= 15 is 0 Å². The van der Waals surface area contributed by atoms with Crippen LogP contribution in [0.15, 0.2) is 12.2 Å². The van der Waals surface area contributed by atoms with Gasteiger partial charge in [-0.05, 0) is 43.9 Å². The van der Waals surface area contributed by atoms with E-state index in [0.717, 1.165) is 12.8 Å². The average molecular weight is 332 g/mol. The van der Waals surface area contributed by atoms with Crippen LogP contribution in [0, 0.1) is 34.5 Å². The quantitative estimate of drug-likeness (QED) is 0.568. The Morgan fingerprint density at radius 3 is 2.88 bits per heavy atom. The molecule has 1 aliphatic heterocycles. The molecule has 0 amide bonds. The van der Waals surface area contributed by atoms with Gasteiger partial charge in [-0.1, -0.05) is 19.1 Å². The molecule has 0 radical (unpaired) electrons. The molecule has 0 aromatic rings. The summed E-state index contributed by atoms with van der Waals surface area (Å²) in [6, 6.07) is 0. The van der Waals surface area contributed by atoms with E-state index in [0.29, 0.717) is 19.3 Å². The number of carboxylic acid groups (broad SMARTS) is 1. The highest BCUT2D eigenvalue weighted by Gasteiger charge is 2.82. The van der Waals surface area contributed by atoms with Gasteiger partial charge in [0.15, 0.2) is 0 Å². The van der Waals surface area contributed by atoms with Crippen LogP contribution in [0.25, 0.3) is 0 Å². The van der Waals surface area contributed by atoms with Gasteiger partial charge in [-0.25, -0.2) is 0 Å². The number of carbonyl (C=O) groups excluding carboxylic acids is 1. The number of rotatable bonds is 1. The Morgan fingerprint density at radius 2 is 2.17 bits per heavy atom. The van der Waals surface area contributed by atoms with E-state index in [-0.39, 0.29) is 23.7 Å². The molecule has 130 valence electrons. The average Bonchev–Trinajstić information content (AvgIpc) is 2.88. The van der Waals surface area contributed by atoms with Crippen molar-refractivity contribution in [3.63, 3.8) is 0 Å². The van der Waals surface area contributed by atoms with Gasteiger partial charge in [0.1, 0.15) is 5.60 Å². The molecule has 0 unspecified atom stereocenters. The van der Waals surface area contributed by atoms with Gasteiger partial charge in [-0.15, -0.1) is 0 Å². The second kappa shape index (κ2) is 3.90. The molecule has 1 spiro atoms. The van der Waals surface area contributed by atoms with Crippen molar-refractivity contribution >= 4 is 11.9 Å². The molecule has 4 bridgehead atoms. The summed E-state index contributed by atoms with van der Waals surface area (Å²) in [5.41, 5.74) is -2.74. The highest BCUT2D eigenvalue weighted by atomic mass is 16.6. The third-order valence-corrected chi connectivity index (χ3v) is 8.40. The van der Waals surface area contributed by atoms with Crippen molar-refractivity contribution in [1.82, 2.24) is 0 Å². The fourth-order valence-electron chi connectivity index (χ4n) is 7.63. The van der Waals surface area contributed by atoms with Crippen LogP contribution in [0.5, 0.6) is 0 Å². The smallest absolute Gasteiger partial charge is 0.316 e. The minimum Gasteiger partial charge on any atom is -0.481 e. The first kappa shape index (κ1) is 14.9. The van der Waals surface area contributed by atoms with E-state index in [1.165, 1.54) is 0 Å². The lowest BCUT2D eigenvalue weighted by molar-refractivity contribution is -0.162. The van der Waals surface area contributed by atoms with Gasteiger partial charge < -0.3 is 14.9 Å². The van der Waals surface area contributed by atoms with Crippen LogP contribution in [0.3, 0.4) is 0 Å². The lowest BCUT2D eigenvalue weighted by atomic mass is 9.62. The minimum absolute atomic E-state index is 0.0389. The first-order valence-electron chi connectivity index (χ1n) is 9.06. The van der Waals surface area contributed by atoms with Gasteiger partial charge in [0.25, 0.3) is 0 Å². The Labute approximate surface area is 141 Å². The topological polar surface area (TPSA) is 83.8 Å². The Bertz CT molecular complexity index is 700. The maximum atomic E-state index is 12.6. The van der Waals surface area contributed by atoms with E-state index in [2.05, 4.69) is 0 Å². The lowest BCUT2D eigenvalue weighted by Crippen LogP contribution is -2.47. The normalized spacial score (nSPS) is 59.9. The maximum absolute atomic E-state index is 12.6. The fraction of sp³-hybridized carbons (Fsp3) is 0.789. The van der Waals surface area contributed by atoms with Crippen LogP contribution in [0.1, 0.15) is 46.0 Å². The first-order chi connectivity index (χ1) is 11.2. The molecule has 4 aliphatic carbocycles. The van der Waals surface area contributed by atoms with Gasteiger partial charge >= 0.3 is 11.9 Å². The summed E-state index contributed by atoms with van der Waals surface area (Å²) in [5, 5.41) is 21.2. The van der Waals surface area contributed by atoms with Crippen molar-refractivity contribution in [1.29, 1.82) is 0 Å². The van der Waals surface area contributed by atoms with E-state index < -0.39 is 33.9 Å². The largest absolute Gasteiger partial charge is 0.481 e. The summed E-state index contributed by atoms with van der Waals surface area (Å²) in [5.74, 6) is -1.91. The van der Waals surface area contributed by atoms with Crippen LogP contribution in [0.4, 0.5) is 0 Å². The molecule has 1 saturated heterocycles. The van der Waals surface area contributed by atoms with Crippen LogP contribution in [-0.2, 0) is 14.3 Å². The van der Waals surface area contributed by atoms with Crippen LogP contribution in [-0.4, -0.2) is 33.4 Å². The molecule has 5 aliphatic rings. The standard InChI is InChI=1S/C19H24O5/c1-10-8-17-9-18(10,23)7-4-11(17)19-6-3-5-16(2,15(22)24-19)13(19)12(17)14(20)21/h3,5,10-13,23H,4,6-9H2,1-2H3,(H,20,21)/t10-,11+,12+,13+,16-,17-,18-,19+/m0/s1. The molecule has 8 atom stereocenters. The van der Waals surface area contributed by atoms with Crippen molar-refractivity contribution in [2.45, 2.75) is 57.2 Å². The number of hydrogen-bond acceptors (Lipinski definition) is 4. The van der Waals surface area contributed by atoms with Gasteiger partial charge in [-0.3, -0.25) is 9.59 Å². The summed E-state index contributed by atoms with van der Waals surface area (Å²) in [4.78, 5) is 25.0. The summed E-state index contributed by atoms with van der Waals surface area (Å²) in [7, 11) is 0. The molecular formula is C19H24O5. The first-order valence-corrected chi connectivity index (χ1v) is 9.06. The molecule has 24 heavy (non-hydrogen) atoms. The van der Waals surface area contributed by atoms with E-state index in [9.17, 15) is 19.8 Å². The number of fused-ring (bicyclic) bond motifs is 1. The van der Waals surface area contributed by atoms with Crippen LogP contribution < -0.4 is 0 Å². The number of aliphatic carboxylic acids is 1. The zero-order valence-corrected chi connectivity index (χ0v) is 14.1. The third kappa shape index (κ3) is 1.29. The molecule has 4 fully saturated rings. The van der Waals surface area contributed by atoms with E-state index in [4.69, 9.17) is 4.74 Å². The van der Waals surface area contributed by atoms with Crippen molar-refractivity contribution in [3.05, 3.63) is 12.2 Å². The minimum atomic E-state index is -0.850. The predicted molar refractivity (Wildman–Crippen MR) is 83.8 cm³/mol. The molecule has 3 saturated carbocycles. The monoisotopic (exact) mass is 332 g/mol. The zero-order chi connectivity index (χ0) is 17.1. The molecule has 0 aromatic heterocycles. The van der Waals surface area contributed by atoms with Gasteiger partial charge in [-0.2, -0.15) is 0 Å². The Balaban J connectivity index is 1.75. The van der Waals surface area contributed by atoms with E-state index in [1.807, 2.05) is 26.0 Å². The summed E-state index contributed by atoms with van der Waals surface area (Å²) in [6.45, 7) is 3.88. The van der Waals surface area contributed by atoms with Gasteiger partial charge in [0, 0.05) is 18.3 Å². The van der Waals surface area contributed by atoms with Crippen LogP contribution >= 0.6 is 0 Å². The Morgan fingerprint density at radius 1 is 1.42 bits per heavy atom. The second-order valence-corrected chi connectivity index (χ2v) is 9.24. The highest BCUT2D eigenvalue weighted by molar-refractivity contribution is 5.86. The number of aliphatic hydroxyl groups is 1. The second-order valence-electron chi connectivity index (χ2n) is 9.24. The third-order valence-electron chi connectivity index (χ3n) is 8.40. The zero-order valence-electron chi connectivity index (χ0n) is 14.1. The van der Waals surface area contributed by atoms with Gasteiger partial charge in [0.2, 0.25) is 0 Å². The molecule has 5 rings (SSSR count). The van der Waals surface area contributed by atoms with Crippen molar-refractivity contribution in [2.24, 2.45) is 34.5 Å². The number of hydrogen-bond donors (Lipinski definition) is 2. The highest BCUT2D eigenvalue weighted by Crippen LogP contribution is 2.77. The predicted octanol–water partition coefficient (Wildman–Crippen LogP) is 2.14. The molecule has 0 aromatic carbocycles. The van der Waals surface area contributed by atoms with Crippen molar-refractivity contribution in [2.75, 3.05) is 0 Å². The summed E-state index contributed by atoms with van der Waals surface area (Å²) < 4.78 is 6.02. The number of esters is 1. The number of carboxylic acids is 1. The summed E-state index contributed by atoms with van der Waals surface area (Å²) in [6.07, 6.45) is 7.18. The van der Waals surface area contributed by atoms with Crippen molar-refractivity contribution in [3.8, 4) is 0 Å². The summed E-state index contributed by atoms with van der Waals surface area (Å²) >= 11 is 0. The van der Waals surface area contributed by atoms with Gasteiger partial charge in [0.05, 0.1) is 16.9 Å². The maximum Gasteiger partial charge on any atom is 0.316 e. The molecule has 2 N–H and O–H groups in total. The Hall–Kier alpha value is -1.36. The number of ether oxygens (including phenoxy) is 1. The van der Waals surface area contributed by atoms with Crippen molar-refractivity contribution < 1.29 is 24.5 Å². The Kier molecular flexibility index (Phi) is 2.43.